The van der Waals surface area contributed by atoms with Gasteiger partial charge in [-0.3, -0.25) is 19.4 Å². The molecule has 168 valence electrons. The fourth-order valence-electron chi connectivity index (χ4n) is 4.11. The normalized spacial score (nSPS) is 20.7. The van der Waals surface area contributed by atoms with Crippen molar-refractivity contribution in [1.82, 2.24) is 14.7 Å². The number of hydrogen-bond donors (Lipinski definition) is 0. The maximum absolute atomic E-state index is 13.4. The summed E-state index contributed by atoms with van der Waals surface area (Å²) >= 11 is 0. The summed E-state index contributed by atoms with van der Waals surface area (Å²) in [5.41, 5.74) is 1.73. The summed E-state index contributed by atoms with van der Waals surface area (Å²) in [6.45, 7) is 9.09. The molecule has 1 aromatic carbocycles. The predicted octanol–water partition coefficient (Wildman–Crippen LogP) is 1.22. The van der Waals surface area contributed by atoms with E-state index in [0.29, 0.717) is 70.5 Å². The van der Waals surface area contributed by atoms with Crippen LogP contribution < -0.4 is 4.74 Å². The molecule has 31 heavy (non-hydrogen) atoms. The largest absolute Gasteiger partial charge is 0.494 e. The lowest BCUT2D eigenvalue weighted by Gasteiger charge is -2.30. The first-order chi connectivity index (χ1) is 15.2. The van der Waals surface area contributed by atoms with Gasteiger partial charge in [-0.2, -0.15) is 0 Å². The minimum Gasteiger partial charge on any atom is -0.494 e. The van der Waals surface area contributed by atoms with Gasteiger partial charge in [0.15, 0.2) is 0 Å². The van der Waals surface area contributed by atoms with Gasteiger partial charge in [-0.25, -0.2) is 0 Å². The third-order valence-electron chi connectivity index (χ3n) is 5.83. The van der Waals surface area contributed by atoms with Gasteiger partial charge in [-0.05, 0) is 24.1 Å². The molecule has 4 rings (SSSR count). The third kappa shape index (κ3) is 4.92. The highest BCUT2D eigenvalue weighted by atomic mass is 16.5. The average Bonchev–Trinajstić information content (AvgIpc) is 3.07. The van der Waals surface area contributed by atoms with Crippen molar-refractivity contribution in [2.45, 2.75) is 13.3 Å². The zero-order valence-corrected chi connectivity index (χ0v) is 18.2. The third-order valence-corrected chi connectivity index (χ3v) is 5.83. The van der Waals surface area contributed by atoms with E-state index in [4.69, 9.17) is 14.2 Å². The van der Waals surface area contributed by atoms with E-state index in [2.05, 4.69) is 11.8 Å². The minimum absolute atomic E-state index is 0.207. The number of ether oxygens (including phenoxy) is 3. The van der Waals surface area contributed by atoms with E-state index < -0.39 is 0 Å². The quantitative estimate of drug-likeness (QED) is 0.576. The van der Waals surface area contributed by atoms with Gasteiger partial charge in [0.1, 0.15) is 11.4 Å². The number of amides is 2. The lowest BCUT2D eigenvalue weighted by atomic mass is 10.0. The highest BCUT2D eigenvalue weighted by Crippen LogP contribution is 2.32. The van der Waals surface area contributed by atoms with Crippen LogP contribution in [0.5, 0.6) is 5.75 Å². The molecule has 8 heteroatoms. The predicted molar refractivity (Wildman–Crippen MR) is 116 cm³/mol. The molecule has 0 saturated carbocycles. The number of carbonyl (C=O) groups excluding carboxylic acids is 2. The summed E-state index contributed by atoms with van der Waals surface area (Å²) in [4.78, 5) is 32.4. The van der Waals surface area contributed by atoms with E-state index in [1.165, 1.54) is 4.90 Å². The Morgan fingerprint density at radius 3 is 2.16 bits per heavy atom. The van der Waals surface area contributed by atoms with Crippen molar-refractivity contribution in [3.05, 3.63) is 35.5 Å². The van der Waals surface area contributed by atoms with Crippen molar-refractivity contribution in [3.63, 3.8) is 0 Å². The number of carbonyl (C=O) groups is 2. The molecule has 1 aromatic rings. The van der Waals surface area contributed by atoms with Gasteiger partial charge >= 0.3 is 0 Å². The molecule has 2 amide bonds. The fraction of sp³-hybridized carbons (Fsp3) is 0.565. The van der Waals surface area contributed by atoms with Crippen LogP contribution in [-0.4, -0.2) is 98.8 Å². The minimum atomic E-state index is -0.220. The molecule has 0 unspecified atom stereocenters. The Morgan fingerprint density at radius 2 is 1.52 bits per heavy atom. The monoisotopic (exact) mass is 429 g/mol. The van der Waals surface area contributed by atoms with E-state index in [9.17, 15) is 9.59 Å². The standard InChI is InChI=1S/C23H31N3O5/c1-2-13-31-19-5-3-18(4-6-19)20-21(25-11-16-30-17-12-25)23(28)26(22(20)27)8-7-24-9-14-29-15-10-24/h3-6H,2,7-17H2,1H3. The first-order valence-corrected chi connectivity index (χ1v) is 11.2. The Hall–Kier alpha value is -2.42. The second-order valence-electron chi connectivity index (χ2n) is 7.91. The van der Waals surface area contributed by atoms with Crippen LogP contribution in [0.3, 0.4) is 0 Å². The SMILES string of the molecule is CCCOc1ccc(C2=C(N3CCOCC3)C(=O)N(CCN3CCOCC3)C2=O)cc1. The average molecular weight is 430 g/mol. The Bertz CT molecular complexity index is 811. The van der Waals surface area contributed by atoms with Gasteiger partial charge in [-0.15, -0.1) is 0 Å². The second-order valence-corrected chi connectivity index (χ2v) is 7.91. The molecule has 2 saturated heterocycles. The van der Waals surface area contributed by atoms with Gasteiger partial charge in [0.2, 0.25) is 0 Å². The topological polar surface area (TPSA) is 71.6 Å². The summed E-state index contributed by atoms with van der Waals surface area (Å²) in [7, 11) is 0. The number of benzene rings is 1. The van der Waals surface area contributed by atoms with E-state index in [1.54, 1.807) is 0 Å². The van der Waals surface area contributed by atoms with Gasteiger partial charge in [0.05, 0.1) is 38.6 Å². The maximum Gasteiger partial charge on any atom is 0.277 e. The Balaban J connectivity index is 1.57. The summed E-state index contributed by atoms with van der Waals surface area (Å²) in [5.74, 6) is 0.337. The molecule has 0 aliphatic carbocycles. The van der Waals surface area contributed by atoms with E-state index >= 15 is 0 Å². The molecule has 8 nitrogen and oxygen atoms in total. The molecular formula is C23H31N3O5. The van der Waals surface area contributed by atoms with Gasteiger partial charge in [0, 0.05) is 39.3 Å². The van der Waals surface area contributed by atoms with Crippen molar-refractivity contribution in [3.8, 4) is 5.75 Å². The summed E-state index contributed by atoms with van der Waals surface area (Å²) in [6, 6.07) is 7.47. The molecule has 3 aliphatic rings. The molecule has 0 N–H and O–H groups in total. The smallest absolute Gasteiger partial charge is 0.277 e. The first-order valence-electron chi connectivity index (χ1n) is 11.2. The molecular weight excluding hydrogens is 398 g/mol. The van der Waals surface area contributed by atoms with Gasteiger partial charge in [0.25, 0.3) is 11.8 Å². The second kappa shape index (κ2) is 10.3. The Kier molecular flexibility index (Phi) is 7.21. The number of rotatable bonds is 8. The lowest BCUT2D eigenvalue weighted by Crippen LogP contribution is -2.44. The lowest BCUT2D eigenvalue weighted by molar-refractivity contribution is -0.138. The molecule has 0 spiro atoms. The number of morpholine rings is 2. The molecule has 0 atom stereocenters. The van der Waals surface area contributed by atoms with Crippen LogP contribution in [0.4, 0.5) is 0 Å². The Morgan fingerprint density at radius 1 is 0.871 bits per heavy atom. The van der Waals surface area contributed by atoms with Gasteiger partial charge in [-0.1, -0.05) is 19.1 Å². The number of imide groups is 1. The van der Waals surface area contributed by atoms with E-state index in [-0.39, 0.29) is 11.8 Å². The van der Waals surface area contributed by atoms with Crippen LogP contribution in [0, 0.1) is 0 Å². The van der Waals surface area contributed by atoms with E-state index in [0.717, 1.165) is 30.8 Å². The summed E-state index contributed by atoms with van der Waals surface area (Å²) in [6.07, 6.45) is 0.930. The summed E-state index contributed by atoms with van der Waals surface area (Å²) < 4.78 is 16.5. The molecule has 0 aromatic heterocycles. The van der Waals surface area contributed by atoms with Crippen LogP contribution in [0.1, 0.15) is 18.9 Å². The zero-order chi connectivity index (χ0) is 21.6. The van der Waals surface area contributed by atoms with Crippen LogP contribution >= 0.6 is 0 Å². The highest BCUT2D eigenvalue weighted by molar-refractivity contribution is 6.35. The van der Waals surface area contributed by atoms with Crippen LogP contribution in [0.25, 0.3) is 5.57 Å². The molecule has 3 aliphatic heterocycles. The van der Waals surface area contributed by atoms with Gasteiger partial charge < -0.3 is 19.1 Å². The van der Waals surface area contributed by atoms with Crippen LogP contribution in [0.2, 0.25) is 0 Å². The van der Waals surface area contributed by atoms with Crippen molar-refractivity contribution in [2.24, 2.45) is 0 Å². The molecule has 3 heterocycles. The first kappa shape index (κ1) is 21.8. The maximum atomic E-state index is 13.4. The van der Waals surface area contributed by atoms with Crippen LogP contribution in [0.15, 0.2) is 30.0 Å². The van der Waals surface area contributed by atoms with Crippen molar-refractivity contribution >= 4 is 17.4 Å². The number of nitrogens with zero attached hydrogens (tertiary/aromatic N) is 3. The van der Waals surface area contributed by atoms with Crippen molar-refractivity contribution in [2.75, 3.05) is 72.3 Å². The fourth-order valence-corrected chi connectivity index (χ4v) is 4.11. The molecule has 2 fully saturated rings. The van der Waals surface area contributed by atoms with E-state index in [1.807, 2.05) is 29.2 Å². The van der Waals surface area contributed by atoms with Crippen LogP contribution in [-0.2, 0) is 19.1 Å². The molecule has 0 bridgehead atoms. The summed E-state index contributed by atoms with van der Waals surface area (Å²) in [5, 5.41) is 0. The van der Waals surface area contributed by atoms with Crippen molar-refractivity contribution < 1.29 is 23.8 Å². The number of hydrogen-bond acceptors (Lipinski definition) is 7. The van der Waals surface area contributed by atoms with Crippen molar-refractivity contribution in [1.29, 1.82) is 0 Å². The zero-order valence-electron chi connectivity index (χ0n) is 18.2. The Labute approximate surface area is 183 Å². The highest BCUT2D eigenvalue weighted by Gasteiger charge is 2.41. The molecule has 0 radical (unpaired) electrons.